The van der Waals surface area contributed by atoms with Crippen LogP contribution in [0.25, 0.3) is 0 Å². The van der Waals surface area contributed by atoms with Gasteiger partial charge < -0.3 is 5.32 Å². The zero-order chi connectivity index (χ0) is 10.8. The number of thioether (sulfide) groups is 1. The second kappa shape index (κ2) is 4.72. The van der Waals surface area contributed by atoms with Crippen molar-refractivity contribution >= 4 is 40.9 Å². The molecule has 1 aliphatic rings. The van der Waals surface area contributed by atoms with Crippen LogP contribution in [0.4, 0.5) is 5.95 Å². The van der Waals surface area contributed by atoms with E-state index in [0.29, 0.717) is 17.2 Å². The second-order valence-corrected chi connectivity index (χ2v) is 5.47. The molecule has 1 N–H and O–H groups in total. The Kier molecular flexibility index (Phi) is 3.53. The van der Waals surface area contributed by atoms with E-state index in [-0.39, 0.29) is 10.6 Å². The topological polar surface area (TPSA) is 50.7 Å². The third-order valence-corrected chi connectivity index (χ3v) is 3.94. The van der Waals surface area contributed by atoms with Crippen molar-refractivity contribution in [1.29, 1.82) is 0 Å². The third kappa shape index (κ3) is 2.86. The van der Waals surface area contributed by atoms with Gasteiger partial charge in [-0.2, -0.15) is 26.7 Å². The molecule has 82 valence electrons. The Balaban J connectivity index is 2.10. The van der Waals surface area contributed by atoms with Crippen LogP contribution in [-0.4, -0.2) is 32.0 Å². The highest BCUT2D eigenvalue weighted by Crippen LogP contribution is 2.28. The first-order chi connectivity index (χ1) is 7.15. The highest BCUT2D eigenvalue weighted by atomic mass is 35.5. The highest BCUT2D eigenvalue weighted by molar-refractivity contribution is 8.00. The van der Waals surface area contributed by atoms with E-state index in [9.17, 15) is 0 Å². The van der Waals surface area contributed by atoms with Gasteiger partial charge in [-0.25, -0.2) is 0 Å². The summed E-state index contributed by atoms with van der Waals surface area (Å²) in [5, 5.41) is 4.02. The Morgan fingerprint density at radius 1 is 1.27 bits per heavy atom. The molecule has 0 radical (unpaired) electrons. The van der Waals surface area contributed by atoms with Gasteiger partial charge in [0.25, 0.3) is 0 Å². The summed E-state index contributed by atoms with van der Waals surface area (Å²) in [5.41, 5.74) is 0. The van der Waals surface area contributed by atoms with Crippen LogP contribution in [0.15, 0.2) is 0 Å². The molecule has 1 saturated heterocycles. The normalized spacial score (nSPS) is 25.5. The summed E-state index contributed by atoms with van der Waals surface area (Å²) >= 11 is 13.3. The average Bonchev–Trinajstić information content (AvgIpc) is 2.50. The van der Waals surface area contributed by atoms with Gasteiger partial charge in [0, 0.05) is 11.3 Å². The van der Waals surface area contributed by atoms with Gasteiger partial charge in [0.15, 0.2) is 0 Å². The lowest BCUT2D eigenvalue weighted by molar-refractivity contribution is 0.713. The molecule has 0 aliphatic carbocycles. The Morgan fingerprint density at radius 3 is 2.47 bits per heavy atom. The van der Waals surface area contributed by atoms with Crippen LogP contribution in [0, 0.1) is 0 Å². The summed E-state index contributed by atoms with van der Waals surface area (Å²) in [7, 11) is 0. The zero-order valence-electron chi connectivity index (χ0n) is 8.07. The van der Waals surface area contributed by atoms with E-state index in [0.717, 1.165) is 12.2 Å². The second-order valence-electron chi connectivity index (χ2n) is 3.31. The summed E-state index contributed by atoms with van der Waals surface area (Å²) in [5.74, 6) is 1.62. The van der Waals surface area contributed by atoms with Gasteiger partial charge in [0.2, 0.25) is 16.5 Å². The first-order valence-electron chi connectivity index (χ1n) is 4.60. The van der Waals surface area contributed by atoms with Crippen molar-refractivity contribution in [3.05, 3.63) is 10.6 Å². The molecule has 0 spiro atoms. The molecule has 0 saturated carbocycles. The molecule has 0 bridgehead atoms. The maximum atomic E-state index is 5.68. The monoisotopic (exact) mass is 264 g/mol. The number of aromatic nitrogens is 3. The first-order valence-corrected chi connectivity index (χ1v) is 6.41. The van der Waals surface area contributed by atoms with Gasteiger partial charge in [-0.15, -0.1) is 0 Å². The number of nitrogens with one attached hydrogen (secondary N) is 1. The largest absolute Gasteiger partial charge is 0.350 e. The molecular formula is C8H10Cl2N4S. The number of nitrogens with zero attached hydrogens (tertiary/aromatic N) is 3. The fraction of sp³-hybridized carbons (Fsp3) is 0.625. The number of hydrogen-bond donors (Lipinski definition) is 1. The van der Waals surface area contributed by atoms with Gasteiger partial charge >= 0.3 is 0 Å². The van der Waals surface area contributed by atoms with Crippen molar-refractivity contribution in [3.63, 3.8) is 0 Å². The minimum absolute atomic E-state index is 0.121. The fourth-order valence-corrected chi connectivity index (χ4v) is 3.04. The fourth-order valence-electron chi connectivity index (χ4n) is 1.48. The zero-order valence-corrected chi connectivity index (χ0v) is 10.4. The molecule has 2 atom stereocenters. The molecule has 1 aliphatic heterocycles. The standard InChI is InChI=1S/C8H10Cl2N4S/c1-4-5(2-3-15-4)11-8-13-6(9)12-7(10)14-8/h4-5H,2-3H2,1H3,(H,11,12,13,14). The van der Waals surface area contributed by atoms with Crippen LogP contribution in [0.5, 0.6) is 0 Å². The van der Waals surface area contributed by atoms with Gasteiger partial charge in [-0.05, 0) is 35.4 Å². The molecule has 1 aromatic rings. The molecule has 2 heterocycles. The van der Waals surface area contributed by atoms with Crippen LogP contribution in [0.3, 0.4) is 0 Å². The van der Waals surface area contributed by atoms with Crippen molar-refractivity contribution in [3.8, 4) is 0 Å². The van der Waals surface area contributed by atoms with Crippen molar-refractivity contribution in [2.45, 2.75) is 24.6 Å². The van der Waals surface area contributed by atoms with E-state index in [1.54, 1.807) is 0 Å². The van der Waals surface area contributed by atoms with Gasteiger partial charge in [0.1, 0.15) is 0 Å². The van der Waals surface area contributed by atoms with Crippen molar-refractivity contribution < 1.29 is 0 Å². The Morgan fingerprint density at radius 2 is 1.93 bits per heavy atom. The predicted octanol–water partition coefficient (Wildman–Crippen LogP) is 2.48. The summed E-state index contributed by atoms with van der Waals surface area (Å²) in [4.78, 5) is 11.6. The molecule has 7 heteroatoms. The van der Waals surface area contributed by atoms with E-state index in [1.807, 2.05) is 11.8 Å². The number of anilines is 1. The Bertz CT molecular complexity index is 342. The van der Waals surface area contributed by atoms with Crippen LogP contribution in [-0.2, 0) is 0 Å². The summed E-state index contributed by atoms with van der Waals surface area (Å²) in [6, 6.07) is 0.379. The van der Waals surface area contributed by atoms with Gasteiger partial charge in [0.05, 0.1) is 0 Å². The van der Waals surface area contributed by atoms with E-state index >= 15 is 0 Å². The van der Waals surface area contributed by atoms with Crippen LogP contribution in [0.1, 0.15) is 13.3 Å². The SMILES string of the molecule is CC1SCCC1Nc1nc(Cl)nc(Cl)n1. The predicted molar refractivity (Wildman–Crippen MR) is 63.8 cm³/mol. The van der Waals surface area contributed by atoms with Gasteiger partial charge in [-0.1, -0.05) is 6.92 Å². The summed E-state index contributed by atoms with van der Waals surface area (Å²) < 4.78 is 0. The van der Waals surface area contributed by atoms with Crippen molar-refractivity contribution in [2.24, 2.45) is 0 Å². The number of rotatable bonds is 2. The van der Waals surface area contributed by atoms with E-state index in [2.05, 4.69) is 27.2 Å². The summed E-state index contributed by atoms with van der Waals surface area (Å²) in [6.07, 6.45) is 1.10. The molecule has 2 rings (SSSR count). The molecule has 1 fully saturated rings. The average molecular weight is 265 g/mol. The lowest BCUT2D eigenvalue weighted by atomic mass is 10.2. The van der Waals surface area contributed by atoms with Crippen molar-refractivity contribution in [2.75, 3.05) is 11.1 Å². The van der Waals surface area contributed by atoms with E-state index in [1.165, 1.54) is 0 Å². The lowest BCUT2D eigenvalue weighted by Crippen LogP contribution is -2.26. The molecule has 0 aromatic carbocycles. The van der Waals surface area contributed by atoms with E-state index in [4.69, 9.17) is 23.2 Å². The summed E-state index contributed by atoms with van der Waals surface area (Å²) in [6.45, 7) is 2.18. The van der Waals surface area contributed by atoms with E-state index < -0.39 is 0 Å². The molecule has 15 heavy (non-hydrogen) atoms. The Hall–Kier alpha value is -0.260. The van der Waals surface area contributed by atoms with Crippen LogP contribution in [0.2, 0.25) is 10.6 Å². The quantitative estimate of drug-likeness (QED) is 0.890. The maximum Gasteiger partial charge on any atom is 0.228 e. The minimum atomic E-state index is 0.121. The minimum Gasteiger partial charge on any atom is -0.350 e. The Labute approximate surface area is 102 Å². The molecule has 0 amide bonds. The third-order valence-electron chi connectivity index (χ3n) is 2.27. The molecule has 1 aromatic heterocycles. The van der Waals surface area contributed by atoms with Gasteiger partial charge in [-0.3, -0.25) is 0 Å². The van der Waals surface area contributed by atoms with Crippen LogP contribution >= 0.6 is 35.0 Å². The number of hydrogen-bond acceptors (Lipinski definition) is 5. The molecule has 2 unspecified atom stereocenters. The number of halogens is 2. The molecular weight excluding hydrogens is 255 g/mol. The molecule has 4 nitrogen and oxygen atoms in total. The first kappa shape index (κ1) is 11.2. The smallest absolute Gasteiger partial charge is 0.228 e. The van der Waals surface area contributed by atoms with Crippen molar-refractivity contribution in [1.82, 2.24) is 15.0 Å². The highest BCUT2D eigenvalue weighted by Gasteiger charge is 2.24. The lowest BCUT2D eigenvalue weighted by Gasteiger charge is -2.15. The van der Waals surface area contributed by atoms with Crippen LogP contribution < -0.4 is 5.32 Å². The maximum absolute atomic E-state index is 5.68.